The van der Waals surface area contributed by atoms with E-state index in [1.807, 2.05) is 12.1 Å². The molecule has 8 nitrogen and oxygen atoms in total. The van der Waals surface area contributed by atoms with Crippen LogP contribution in [0.3, 0.4) is 0 Å². The van der Waals surface area contributed by atoms with Gasteiger partial charge >= 0.3 is 0 Å². The highest BCUT2D eigenvalue weighted by molar-refractivity contribution is 14.1. The lowest BCUT2D eigenvalue weighted by Gasteiger charge is -2.23. The molecule has 4 N–H and O–H groups in total. The molecule has 1 atom stereocenters. The van der Waals surface area contributed by atoms with Crippen molar-refractivity contribution in [2.75, 3.05) is 35.6 Å². The fourth-order valence-corrected chi connectivity index (χ4v) is 5.16. The maximum atomic E-state index is 9.82. The third-order valence-electron chi connectivity index (χ3n) is 6.43. The number of phenols is 1. The number of hydrogen-bond acceptors (Lipinski definition) is 8. The van der Waals surface area contributed by atoms with Crippen molar-refractivity contribution in [2.45, 2.75) is 70.4 Å². The van der Waals surface area contributed by atoms with Crippen LogP contribution in [0.15, 0.2) is 18.2 Å². The van der Waals surface area contributed by atoms with Crippen molar-refractivity contribution < 1.29 is 5.11 Å². The Kier molecular flexibility index (Phi) is 8.23. The number of nitrogens with one attached hydrogen (secondary N) is 3. The van der Waals surface area contributed by atoms with Crippen LogP contribution in [0.1, 0.15) is 58.3 Å². The summed E-state index contributed by atoms with van der Waals surface area (Å²) < 4.78 is 0.776. The fraction of sp³-hybridized carbons (Fsp3) is 0.609. The van der Waals surface area contributed by atoms with Gasteiger partial charge in [0.25, 0.3) is 0 Å². The maximum absolute atomic E-state index is 9.82. The Morgan fingerprint density at radius 1 is 1.00 bits per heavy atom. The molecule has 0 spiro atoms. The molecule has 0 amide bonds. The zero-order valence-corrected chi connectivity index (χ0v) is 20.9. The molecule has 9 heteroatoms. The van der Waals surface area contributed by atoms with E-state index >= 15 is 0 Å². The van der Waals surface area contributed by atoms with E-state index in [1.54, 1.807) is 6.07 Å². The van der Waals surface area contributed by atoms with Crippen LogP contribution in [0.4, 0.5) is 23.5 Å². The van der Waals surface area contributed by atoms with Gasteiger partial charge in [-0.3, -0.25) is 4.90 Å². The fourth-order valence-electron chi connectivity index (χ4n) is 4.65. The molecule has 1 unspecified atom stereocenters. The maximum Gasteiger partial charge on any atom is 0.233 e. The smallest absolute Gasteiger partial charge is 0.233 e. The number of phenolic OH excluding ortho intramolecular Hbond substituents is 1. The van der Waals surface area contributed by atoms with E-state index in [0.717, 1.165) is 35.2 Å². The first kappa shape index (κ1) is 23.3. The molecule has 2 aromatic rings. The summed E-state index contributed by atoms with van der Waals surface area (Å²) in [4.78, 5) is 16.5. The van der Waals surface area contributed by atoms with Gasteiger partial charge in [-0.05, 0) is 79.6 Å². The van der Waals surface area contributed by atoms with Crippen LogP contribution in [-0.2, 0) is 0 Å². The van der Waals surface area contributed by atoms with Gasteiger partial charge in [-0.25, -0.2) is 0 Å². The minimum absolute atomic E-state index is 0.266. The summed E-state index contributed by atoms with van der Waals surface area (Å²) in [5.74, 6) is 1.97. The van der Waals surface area contributed by atoms with Crippen molar-refractivity contribution in [1.29, 1.82) is 0 Å². The number of anilines is 4. The van der Waals surface area contributed by atoms with E-state index in [-0.39, 0.29) is 5.75 Å². The molecular weight excluding hydrogens is 517 g/mol. The van der Waals surface area contributed by atoms with Gasteiger partial charge in [0.05, 0.1) is 3.57 Å². The van der Waals surface area contributed by atoms with Gasteiger partial charge in [0, 0.05) is 24.3 Å². The minimum Gasteiger partial charge on any atom is -0.507 e. The molecule has 1 saturated heterocycles. The third-order valence-corrected chi connectivity index (χ3v) is 7.29. The number of hydrogen-bond donors (Lipinski definition) is 4. The second-order valence-electron chi connectivity index (χ2n) is 8.74. The number of nitrogens with zero attached hydrogens (tertiary/aromatic N) is 4. The van der Waals surface area contributed by atoms with E-state index in [2.05, 4.69) is 60.3 Å². The number of aromatic nitrogens is 3. The van der Waals surface area contributed by atoms with Crippen LogP contribution in [0.25, 0.3) is 0 Å². The molecular formula is C23H34IN7O. The first-order valence-electron chi connectivity index (χ1n) is 11.9. The lowest BCUT2D eigenvalue weighted by Crippen LogP contribution is -2.35. The molecule has 2 fully saturated rings. The predicted octanol–water partition coefficient (Wildman–Crippen LogP) is 4.96. The summed E-state index contributed by atoms with van der Waals surface area (Å²) in [5.41, 5.74) is 0.831. The number of likely N-dealkylation sites (tertiary alicyclic amines) is 1. The van der Waals surface area contributed by atoms with Crippen LogP contribution in [0.5, 0.6) is 5.75 Å². The molecule has 0 bridgehead atoms. The zero-order chi connectivity index (χ0) is 22.3. The molecule has 0 radical (unpaired) electrons. The van der Waals surface area contributed by atoms with Crippen molar-refractivity contribution >= 4 is 46.1 Å². The summed E-state index contributed by atoms with van der Waals surface area (Å²) in [6.07, 6.45) is 9.88. The van der Waals surface area contributed by atoms with Crippen LogP contribution < -0.4 is 16.0 Å². The Morgan fingerprint density at radius 3 is 2.50 bits per heavy atom. The second kappa shape index (κ2) is 11.3. The molecule has 1 saturated carbocycles. The molecule has 1 aliphatic heterocycles. The van der Waals surface area contributed by atoms with Crippen molar-refractivity contribution in [3.8, 4) is 5.75 Å². The van der Waals surface area contributed by atoms with Crippen molar-refractivity contribution in [1.82, 2.24) is 19.9 Å². The monoisotopic (exact) mass is 551 g/mol. The van der Waals surface area contributed by atoms with Gasteiger partial charge in [0.1, 0.15) is 5.75 Å². The van der Waals surface area contributed by atoms with Gasteiger partial charge in [0.15, 0.2) is 0 Å². The Bertz CT molecular complexity index is 889. The van der Waals surface area contributed by atoms with E-state index in [9.17, 15) is 5.11 Å². The molecule has 1 aromatic carbocycles. The number of halogens is 1. The molecule has 1 aliphatic carbocycles. The number of aromatic hydroxyl groups is 1. The van der Waals surface area contributed by atoms with Gasteiger partial charge in [-0.15, -0.1) is 0 Å². The van der Waals surface area contributed by atoms with Crippen molar-refractivity contribution in [3.05, 3.63) is 21.8 Å². The molecule has 1 aromatic heterocycles. The zero-order valence-electron chi connectivity index (χ0n) is 18.8. The summed E-state index contributed by atoms with van der Waals surface area (Å²) in [5, 5.41) is 20.1. The minimum atomic E-state index is 0.266. The average molecular weight is 551 g/mol. The van der Waals surface area contributed by atoms with E-state index in [4.69, 9.17) is 4.98 Å². The van der Waals surface area contributed by atoms with Gasteiger partial charge in [-0.1, -0.05) is 32.6 Å². The summed E-state index contributed by atoms with van der Waals surface area (Å²) in [7, 11) is 0. The lowest BCUT2D eigenvalue weighted by atomic mass is 10.1. The average Bonchev–Trinajstić information content (AvgIpc) is 3.09. The highest BCUT2D eigenvalue weighted by Gasteiger charge is 2.23. The number of benzene rings is 1. The Labute approximate surface area is 204 Å². The topological polar surface area (TPSA) is 98.2 Å². The van der Waals surface area contributed by atoms with Gasteiger partial charge in [-0.2, -0.15) is 15.0 Å². The first-order valence-corrected chi connectivity index (χ1v) is 12.9. The molecule has 174 valence electrons. The van der Waals surface area contributed by atoms with Crippen molar-refractivity contribution in [2.24, 2.45) is 0 Å². The summed E-state index contributed by atoms with van der Waals surface area (Å²) in [6.45, 7) is 5.29. The SMILES string of the molecule is CCN1CCCC1CNc1nc(Nc2ccc(O)c(I)c2)nc(NC2CCCCCC2)n1. The van der Waals surface area contributed by atoms with Crippen LogP contribution in [-0.4, -0.2) is 56.7 Å². The number of rotatable bonds is 8. The Hall–Kier alpha value is -1.88. The number of likely N-dealkylation sites (N-methyl/N-ethyl adjacent to an activating group) is 1. The second-order valence-corrected chi connectivity index (χ2v) is 9.90. The summed E-state index contributed by atoms with van der Waals surface area (Å²) >= 11 is 2.11. The van der Waals surface area contributed by atoms with E-state index in [1.165, 1.54) is 45.1 Å². The Morgan fingerprint density at radius 2 is 1.75 bits per heavy atom. The largest absolute Gasteiger partial charge is 0.507 e. The van der Waals surface area contributed by atoms with Crippen LogP contribution in [0, 0.1) is 3.57 Å². The first-order chi connectivity index (χ1) is 15.6. The van der Waals surface area contributed by atoms with E-state index in [0.29, 0.717) is 29.9 Å². The van der Waals surface area contributed by atoms with Gasteiger partial charge < -0.3 is 21.1 Å². The van der Waals surface area contributed by atoms with Crippen molar-refractivity contribution in [3.63, 3.8) is 0 Å². The third kappa shape index (κ3) is 6.34. The normalized spacial score (nSPS) is 20.1. The van der Waals surface area contributed by atoms with E-state index < -0.39 is 0 Å². The Balaban J connectivity index is 1.51. The molecule has 32 heavy (non-hydrogen) atoms. The van der Waals surface area contributed by atoms with Crippen LogP contribution in [0.2, 0.25) is 0 Å². The summed E-state index contributed by atoms with van der Waals surface area (Å²) in [6, 6.07) is 6.30. The highest BCUT2D eigenvalue weighted by Crippen LogP contribution is 2.26. The highest BCUT2D eigenvalue weighted by atomic mass is 127. The lowest BCUT2D eigenvalue weighted by molar-refractivity contribution is 0.277. The molecule has 2 aliphatic rings. The van der Waals surface area contributed by atoms with Crippen LogP contribution >= 0.6 is 22.6 Å². The predicted molar refractivity (Wildman–Crippen MR) is 138 cm³/mol. The molecule has 4 rings (SSSR count). The van der Waals surface area contributed by atoms with Gasteiger partial charge in [0.2, 0.25) is 17.8 Å². The quantitative estimate of drug-likeness (QED) is 0.208. The molecule has 2 heterocycles. The standard InChI is InChI=1S/C23H34IN7O/c1-2-31-13-7-10-18(31)15-25-21-28-22(26-16-8-5-3-4-6-9-16)30-23(29-21)27-17-11-12-20(32)19(24)14-17/h11-12,14,16,18,32H,2-10,13,15H2,1H3,(H3,25,26,27,28,29,30).